The van der Waals surface area contributed by atoms with Gasteiger partial charge in [0.2, 0.25) is 0 Å². The van der Waals surface area contributed by atoms with Crippen molar-refractivity contribution in [1.82, 2.24) is 0 Å². The molecule has 1 rings (SSSR count). The van der Waals surface area contributed by atoms with E-state index in [2.05, 4.69) is 20.8 Å². The Labute approximate surface area is 105 Å². The average molecular weight is 242 g/mol. The zero-order chi connectivity index (χ0) is 13.1. The maximum absolute atomic E-state index is 11.5. The van der Waals surface area contributed by atoms with Crippen molar-refractivity contribution in [2.75, 3.05) is 13.7 Å². The van der Waals surface area contributed by atoms with Gasteiger partial charge in [0, 0.05) is 13.7 Å². The molecule has 0 saturated heterocycles. The normalized spacial score (nSPS) is 30.2. The maximum atomic E-state index is 11.5. The van der Waals surface area contributed by atoms with Gasteiger partial charge in [-0.2, -0.15) is 0 Å². The van der Waals surface area contributed by atoms with Crippen molar-refractivity contribution in [3.8, 4) is 0 Å². The summed E-state index contributed by atoms with van der Waals surface area (Å²) in [7, 11) is 1.64. The highest BCUT2D eigenvalue weighted by atomic mass is 16.5. The van der Waals surface area contributed by atoms with Crippen molar-refractivity contribution in [2.45, 2.75) is 52.9 Å². The lowest BCUT2D eigenvalue weighted by Gasteiger charge is -2.41. The molecule has 1 saturated carbocycles. The molecule has 0 spiro atoms. The van der Waals surface area contributed by atoms with E-state index in [0.29, 0.717) is 24.4 Å². The Hall–Kier alpha value is -0.570. The van der Waals surface area contributed by atoms with E-state index in [1.54, 1.807) is 7.11 Å². The van der Waals surface area contributed by atoms with Crippen molar-refractivity contribution in [2.24, 2.45) is 16.7 Å². The SMILES string of the molecule is COCCC1(C(=O)O)CCC(C(C)(C)C)CC1. The summed E-state index contributed by atoms with van der Waals surface area (Å²) in [5.74, 6) is 0.0134. The van der Waals surface area contributed by atoms with Crippen LogP contribution in [0.2, 0.25) is 0 Å². The third-order valence-corrected chi connectivity index (χ3v) is 4.41. The summed E-state index contributed by atoms with van der Waals surface area (Å²) in [6, 6.07) is 0. The van der Waals surface area contributed by atoms with Crippen LogP contribution in [0.3, 0.4) is 0 Å². The van der Waals surface area contributed by atoms with E-state index in [0.717, 1.165) is 25.7 Å². The highest BCUT2D eigenvalue weighted by molar-refractivity contribution is 5.74. The van der Waals surface area contributed by atoms with Crippen LogP contribution in [0, 0.1) is 16.7 Å². The van der Waals surface area contributed by atoms with E-state index in [4.69, 9.17) is 4.74 Å². The minimum Gasteiger partial charge on any atom is -0.481 e. The molecule has 1 N–H and O–H groups in total. The molecule has 0 amide bonds. The first-order valence-electron chi connectivity index (χ1n) is 6.54. The van der Waals surface area contributed by atoms with Gasteiger partial charge in [-0.15, -0.1) is 0 Å². The van der Waals surface area contributed by atoms with Gasteiger partial charge < -0.3 is 9.84 Å². The van der Waals surface area contributed by atoms with Crippen molar-refractivity contribution in [1.29, 1.82) is 0 Å². The molecular formula is C14H26O3. The number of carboxylic acid groups (broad SMARTS) is 1. The van der Waals surface area contributed by atoms with Crippen molar-refractivity contribution in [3.63, 3.8) is 0 Å². The molecule has 0 radical (unpaired) electrons. The molecule has 1 fully saturated rings. The highest BCUT2D eigenvalue weighted by Gasteiger charge is 2.43. The number of carbonyl (C=O) groups is 1. The van der Waals surface area contributed by atoms with E-state index in [-0.39, 0.29) is 0 Å². The van der Waals surface area contributed by atoms with Crippen LogP contribution in [0.5, 0.6) is 0 Å². The average Bonchev–Trinajstić information content (AvgIpc) is 2.25. The molecule has 3 heteroatoms. The van der Waals surface area contributed by atoms with Gasteiger partial charge in [0.1, 0.15) is 0 Å². The summed E-state index contributed by atoms with van der Waals surface area (Å²) in [6.45, 7) is 7.30. The first-order chi connectivity index (χ1) is 7.82. The lowest BCUT2D eigenvalue weighted by Crippen LogP contribution is -2.39. The predicted octanol–water partition coefficient (Wildman–Crippen LogP) is 3.33. The summed E-state index contributed by atoms with van der Waals surface area (Å²) in [6.07, 6.45) is 4.30. The summed E-state index contributed by atoms with van der Waals surface area (Å²) in [5, 5.41) is 9.45. The smallest absolute Gasteiger partial charge is 0.309 e. The summed E-state index contributed by atoms with van der Waals surface area (Å²) in [5.41, 5.74) is -0.232. The molecule has 0 heterocycles. The Morgan fingerprint density at radius 1 is 1.35 bits per heavy atom. The third-order valence-electron chi connectivity index (χ3n) is 4.41. The zero-order valence-corrected chi connectivity index (χ0v) is 11.6. The second-order valence-electron chi connectivity index (χ2n) is 6.47. The third kappa shape index (κ3) is 3.44. The quantitative estimate of drug-likeness (QED) is 0.822. The maximum Gasteiger partial charge on any atom is 0.309 e. The Balaban J connectivity index is 2.64. The van der Waals surface area contributed by atoms with E-state index in [1.807, 2.05) is 0 Å². The first kappa shape index (κ1) is 14.5. The molecule has 0 aromatic heterocycles. The number of aliphatic carboxylic acids is 1. The van der Waals surface area contributed by atoms with Crippen LogP contribution >= 0.6 is 0 Å². The Kier molecular flexibility index (Phi) is 4.59. The Morgan fingerprint density at radius 3 is 2.24 bits per heavy atom. The van der Waals surface area contributed by atoms with Crippen molar-refractivity contribution >= 4 is 5.97 Å². The molecule has 0 atom stereocenters. The number of hydrogen-bond donors (Lipinski definition) is 1. The van der Waals surface area contributed by atoms with Crippen LogP contribution < -0.4 is 0 Å². The molecular weight excluding hydrogens is 216 g/mol. The second-order valence-corrected chi connectivity index (χ2v) is 6.47. The summed E-state index contributed by atoms with van der Waals surface area (Å²) in [4.78, 5) is 11.5. The fourth-order valence-electron chi connectivity index (χ4n) is 2.90. The minimum atomic E-state index is -0.637. The number of hydrogen-bond acceptors (Lipinski definition) is 2. The molecule has 100 valence electrons. The standard InChI is InChI=1S/C14H26O3/c1-13(2,3)11-5-7-14(8-6-11,12(15)16)9-10-17-4/h11H,5-10H2,1-4H3,(H,15,16). The molecule has 17 heavy (non-hydrogen) atoms. The van der Waals surface area contributed by atoms with Crippen molar-refractivity contribution < 1.29 is 14.6 Å². The topological polar surface area (TPSA) is 46.5 Å². The van der Waals surface area contributed by atoms with Crippen LogP contribution in [0.1, 0.15) is 52.9 Å². The number of rotatable bonds is 4. The molecule has 3 nitrogen and oxygen atoms in total. The predicted molar refractivity (Wildman–Crippen MR) is 68.0 cm³/mol. The van der Waals surface area contributed by atoms with Gasteiger partial charge >= 0.3 is 5.97 Å². The van der Waals surface area contributed by atoms with Crippen molar-refractivity contribution in [3.05, 3.63) is 0 Å². The van der Waals surface area contributed by atoms with Gasteiger partial charge in [0.25, 0.3) is 0 Å². The van der Waals surface area contributed by atoms with Crippen LogP contribution in [0.15, 0.2) is 0 Å². The van der Waals surface area contributed by atoms with E-state index < -0.39 is 11.4 Å². The lowest BCUT2D eigenvalue weighted by atomic mass is 9.63. The van der Waals surface area contributed by atoms with E-state index in [9.17, 15) is 9.90 Å². The molecule has 0 aromatic carbocycles. The fourth-order valence-corrected chi connectivity index (χ4v) is 2.90. The van der Waals surface area contributed by atoms with Crippen LogP contribution in [0.25, 0.3) is 0 Å². The van der Waals surface area contributed by atoms with Crippen LogP contribution in [-0.4, -0.2) is 24.8 Å². The van der Waals surface area contributed by atoms with Gasteiger partial charge in [0.15, 0.2) is 0 Å². The van der Waals surface area contributed by atoms with Gasteiger partial charge in [0.05, 0.1) is 5.41 Å². The molecule has 0 unspecified atom stereocenters. The molecule has 0 aromatic rings. The van der Waals surface area contributed by atoms with E-state index in [1.165, 1.54) is 0 Å². The number of carboxylic acids is 1. The van der Waals surface area contributed by atoms with Gasteiger partial charge in [-0.25, -0.2) is 0 Å². The summed E-state index contributed by atoms with van der Waals surface area (Å²) >= 11 is 0. The second kappa shape index (κ2) is 5.38. The molecule has 1 aliphatic carbocycles. The first-order valence-corrected chi connectivity index (χ1v) is 6.54. The van der Waals surface area contributed by atoms with Crippen LogP contribution in [-0.2, 0) is 9.53 Å². The molecule has 0 bridgehead atoms. The Bertz CT molecular complexity index is 257. The minimum absolute atomic E-state index is 0.298. The Morgan fingerprint density at radius 2 is 1.88 bits per heavy atom. The summed E-state index contributed by atoms with van der Waals surface area (Å²) < 4.78 is 5.05. The highest BCUT2D eigenvalue weighted by Crippen LogP contribution is 2.47. The zero-order valence-electron chi connectivity index (χ0n) is 11.6. The largest absolute Gasteiger partial charge is 0.481 e. The van der Waals surface area contributed by atoms with Crippen LogP contribution in [0.4, 0.5) is 0 Å². The van der Waals surface area contributed by atoms with Gasteiger partial charge in [-0.1, -0.05) is 20.8 Å². The lowest BCUT2D eigenvalue weighted by molar-refractivity contribution is -0.153. The van der Waals surface area contributed by atoms with Gasteiger partial charge in [-0.3, -0.25) is 4.79 Å². The molecule has 0 aliphatic heterocycles. The number of ether oxygens (including phenoxy) is 1. The monoisotopic (exact) mass is 242 g/mol. The molecule has 1 aliphatic rings. The van der Waals surface area contributed by atoms with Gasteiger partial charge in [-0.05, 0) is 43.4 Å². The van der Waals surface area contributed by atoms with E-state index >= 15 is 0 Å². The fraction of sp³-hybridized carbons (Fsp3) is 0.929. The number of methoxy groups -OCH3 is 1.